The molecule has 1 fully saturated rings. The normalized spacial score (nSPS) is 14.4. The monoisotopic (exact) mass is 340 g/mol. The van der Waals surface area contributed by atoms with Crippen molar-refractivity contribution in [1.82, 2.24) is 9.97 Å². The summed E-state index contributed by atoms with van der Waals surface area (Å²) >= 11 is 0. The molecule has 0 spiro atoms. The van der Waals surface area contributed by atoms with Crippen LogP contribution in [0.4, 0.5) is 11.5 Å². The molecule has 1 aliphatic heterocycles. The number of amides is 1. The molecule has 2 aromatic rings. The Labute approximate surface area is 148 Å². The van der Waals surface area contributed by atoms with E-state index in [1.54, 1.807) is 6.07 Å². The standard InChI is InChI=1S/C19H24N4O2/c1-14(2)25-16-8-6-15(7-9-16)22-19(24)17-12-18(21-13-20-17)23-10-4-3-5-11-23/h6-9,12-14H,3-5,10-11H2,1-2H3,(H,22,24). The highest BCUT2D eigenvalue weighted by Crippen LogP contribution is 2.19. The summed E-state index contributed by atoms with van der Waals surface area (Å²) in [6, 6.07) is 9.09. The van der Waals surface area contributed by atoms with E-state index in [1.807, 2.05) is 38.1 Å². The number of carbonyl (C=O) groups is 1. The number of aromatic nitrogens is 2. The predicted molar refractivity (Wildman–Crippen MR) is 98.3 cm³/mol. The van der Waals surface area contributed by atoms with Crippen LogP contribution in [-0.2, 0) is 0 Å². The molecule has 6 heteroatoms. The molecule has 1 saturated heterocycles. The Bertz CT molecular complexity index is 710. The van der Waals surface area contributed by atoms with Crippen molar-refractivity contribution in [2.45, 2.75) is 39.2 Å². The molecule has 2 heterocycles. The molecule has 132 valence electrons. The van der Waals surface area contributed by atoms with Gasteiger partial charge in [0.2, 0.25) is 0 Å². The Balaban J connectivity index is 1.66. The number of hydrogen-bond donors (Lipinski definition) is 1. The quantitative estimate of drug-likeness (QED) is 0.902. The Morgan fingerprint density at radius 2 is 1.84 bits per heavy atom. The zero-order chi connectivity index (χ0) is 17.6. The van der Waals surface area contributed by atoms with Crippen LogP contribution >= 0.6 is 0 Å². The molecule has 25 heavy (non-hydrogen) atoms. The van der Waals surface area contributed by atoms with Crippen molar-refractivity contribution in [2.75, 3.05) is 23.3 Å². The van der Waals surface area contributed by atoms with E-state index >= 15 is 0 Å². The van der Waals surface area contributed by atoms with Crippen LogP contribution in [0.25, 0.3) is 0 Å². The van der Waals surface area contributed by atoms with Crippen LogP contribution in [0.5, 0.6) is 5.75 Å². The zero-order valence-corrected chi connectivity index (χ0v) is 14.7. The first-order valence-corrected chi connectivity index (χ1v) is 8.77. The molecule has 0 atom stereocenters. The first kappa shape index (κ1) is 17.2. The van der Waals surface area contributed by atoms with Crippen LogP contribution < -0.4 is 15.0 Å². The van der Waals surface area contributed by atoms with E-state index in [0.29, 0.717) is 11.4 Å². The number of benzene rings is 1. The van der Waals surface area contributed by atoms with E-state index in [9.17, 15) is 4.79 Å². The lowest BCUT2D eigenvalue weighted by Gasteiger charge is -2.27. The molecule has 1 aromatic heterocycles. The smallest absolute Gasteiger partial charge is 0.274 e. The van der Waals surface area contributed by atoms with Crippen molar-refractivity contribution >= 4 is 17.4 Å². The third kappa shape index (κ3) is 4.68. The van der Waals surface area contributed by atoms with Gasteiger partial charge in [0.1, 0.15) is 23.6 Å². The number of ether oxygens (including phenoxy) is 1. The Kier molecular flexibility index (Phi) is 5.48. The number of rotatable bonds is 5. The summed E-state index contributed by atoms with van der Waals surface area (Å²) in [5, 5.41) is 2.87. The van der Waals surface area contributed by atoms with Crippen LogP contribution in [0, 0.1) is 0 Å². The fourth-order valence-corrected chi connectivity index (χ4v) is 2.85. The largest absolute Gasteiger partial charge is 0.491 e. The predicted octanol–water partition coefficient (Wildman–Crippen LogP) is 3.51. The molecular weight excluding hydrogens is 316 g/mol. The van der Waals surface area contributed by atoms with Gasteiger partial charge in [-0.1, -0.05) is 0 Å². The summed E-state index contributed by atoms with van der Waals surface area (Å²) in [5.41, 5.74) is 1.08. The second-order valence-electron chi connectivity index (χ2n) is 6.45. The van der Waals surface area contributed by atoms with Crippen molar-refractivity contribution in [3.05, 3.63) is 42.4 Å². The van der Waals surface area contributed by atoms with E-state index in [2.05, 4.69) is 20.2 Å². The van der Waals surface area contributed by atoms with E-state index in [4.69, 9.17) is 4.74 Å². The zero-order valence-electron chi connectivity index (χ0n) is 14.7. The number of hydrogen-bond acceptors (Lipinski definition) is 5. The lowest BCUT2D eigenvalue weighted by atomic mass is 10.1. The fourth-order valence-electron chi connectivity index (χ4n) is 2.85. The Hall–Kier alpha value is -2.63. The summed E-state index contributed by atoms with van der Waals surface area (Å²) in [6.45, 7) is 5.92. The number of anilines is 2. The summed E-state index contributed by atoms with van der Waals surface area (Å²) in [6.07, 6.45) is 5.16. The third-order valence-electron chi connectivity index (χ3n) is 4.05. The van der Waals surface area contributed by atoms with E-state index in [1.165, 1.54) is 12.7 Å². The molecule has 0 bridgehead atoms. The summed E-state index contributed by atoms with van der Waals surface area (Å²) < 4.78 is 5.60. The molecule has 1 N–H and O–H groups in total. The third-order valence-corrected chi connectivity index (χ3v) is 4.05. The van der Waals surface area contributed by atoms with Crippen molar-refractivity contribution < 1.29 is 9.53 Å². The van der Waals surface area contributed by atoms with Crippen LogP contribution in [-0.4, -0.2) is 35.1 Å². The molecule has 0 saturated carbocycles. The minimum absolute atomic E-state index is 0.120. The molecular formula is C19H24N4O2. The summed E-state index contributed by atoms with van der Waals surface area (Å²) in [7, 11) is 0. The van der Waals surface area contributed by atoms with E-state index in [0.717, 1.165) is 37.5 Å². The van der Waals surface area contributed by atoms with E-state index in [-0.39, 0.29) is 12.0 Å². The second-order valence-corrected chi connectivity index (χ2v) is 6.45. The highest BCUT2D eigenvalue weighted by Gasteiger charge is 2.15. The minimum Gasteiger partial charge on any atom is -0.491 e. The van der Waals surface area contributed by atoms with Gasteiger partial charge in [0.15, 0.2) is 0 Å². The number of piperidine rings is 1. The molecule has 0 radical (unpaired) electrons. The van der Waals surface area contributed by atoms with Crippen molar-refractivity contribution in [3.8, 4) is 5.75 Å². The first-order chi connectivity index (χ1) is 12.1. The van der Waals surface area contributed by atoms with Crippen LogP contribution in [0.3, 0.4) is 0 Å². The van der Waals surface area contributed by atoms with Gasteiger partial charge in [0, 0.05) is 24.8 Å². The van der Waals surface area contributed by atoms with Crippen molar-refractivity contribution in [3.63, 3.8) is 0 Å². The number of carbonyl (C=O) groups excluding carboxylic acids is 1. The maximum Gasteiger partial charge on any atom is 0.274 e. The Morgan fingerprint density at radius 3 is 2.52 bits per heavy atom. The highest BCUT2D eigenvalue weighted by molar-refractivity contribution is 6.03. The SMILES string of the molecule is CC(C)Oc1ccc(NC(=O)c2cc(N3CCCCC3)ncn2)cc1. The molecule has 1 aliphatic rings. The van der Waals surface area contributed by atoms with E-state index < -0.39 is 0 Å². The van der Waals surface area contributed by atoms with Gasteiger partial charge in [-0.05, 0) is 57.4 Å². The maximum absolute atomic E-state index is 12.5. The average molecular weight is 340 g/mol. The van der Waals surface area contributed by atoms with Crippen molar-refractivity contribution in [1.29, 1.82) is 0 Å². The summed E-state index contributed by atoms with van der Waals surface area (Å²) in [5.74, 6) is 1.36. The highest BCUT2D eigenvalue weighted by atomic mass is 16.5. The van der Waals surface area contributed by atoms with Gasteiger partial charge in [-0.3, -0.25) is 4.79 Å². The average Bonchev–Trinajstić information content (AvgIpc) is 2.64. The number of nitrogens with one attached hydrogen (secondary N) is 1. The van der Waals surface area contributed by atoms with Crippen molar-refractivity contribution in [2.24, 2.45) is 0 Å². The molecule has 3 rings (SSSR count). The van der Waals surface area contributed by atoms with Gasteiger partial charge in [-0.15, -0.1) is 0 Å². The Morgan fingerprint density at radius 1 is 1.12 bits per heavy atom. The molecule has 0 unspecified atom stereocenters. The van der Waals surface area contributed by atoms with Gasteiger partial charge >= 0.3 is 0 Å². The van der Waals surface area contributed by atoms with Gasteiger partial charge in [-0.2, -0.15) is 0 Å². The topological polar surface area (TPSA) is 67.3 Å². The number of nitrogens with zero attached hydrogens (tertiary/aromatic N) is 3. The first-order valence-electron chi connectivity index (χ1n) is 8.77. The van der Waals surface area contributed by atoms with Gasteiger partial charge < -0.3 is 15.0 Å². The molecule has 0 aliphatic carbocycles. The lowest BCUT2D eigenvalue weighted by Crippen LogP contribution is -2.30. The fraction of sp³-hybridized carbons (Fsp3) is 0.421. The van der Waals surface area contributed by atoms with Crippen LogP contribution in [0.15, 0.2) is 36.7 Å². The minimum atomic E-state index is -0.238. The van der Waals surface area contributed by atoms with Gasteiger partial charge in [-0.25, -0.2) is 9.97 Å². The van der Waals surface area contributed by atoms with Gasteiger partial charge in [0.05, 0.1) is 6.10 Å². The molecule has 1 aromatic carbocycles. The van der Waals surface area contributed by atoms with Gasteiger partial charge in [0.25, 0.3) is 5.91 Å². The molecule has 6 nitrogen and oxygen atoms in total. The van der Waals surface area contributed by atoms with Crippen LogP contribution in [0.2, 0.25) is 0 Å². The van der Waals surface area contributed by atoms with Crippen LogP contribution in [0.1, 0.15) is 43.6 Å². The molecule has 1 amide bonds. The second kappa shape index (κ2) is 7.96. The lowest BCUT2D eigenvalue weighted by molar-refractivity contribution is 0.102. The maximum atomic E-state index is 12.5. The summed E-state index contributed by atoms with van der Waals surface area (Å²) in [4.78, 5) is 23.1.